The van der Waals surface area contributed by atoms with Gasteiger partial charge in [-0.3, -0.25) is 9.59 Å². The number of nitrogens with one attached hydrogen (secondary N) is 1. The highest BCUT2D eigenvalue weighted by atomic mass is 35.5. The Kier molecular flexibility index (Phi) is 5.39. The summed E-state index contributed by atoms with van der Waals surface area (Å²) < 4.78 is 0. The van der Waals surface area contributed by atoms with Crippen molar-refractivity contribution in [2.24, 2.45) is 11.8 Å². The lowest BCUT2D eigenvalue weighted by molar-refractivity contribution is -0.135. The van der Waals surface area contributed by atoms with Gasteiger partial charge in [0.2, 0.25) is 11.8 Å². The third-order valence-electron chi connectivity index (χ3n) is 5.05. The molecule has 1 aromatic heterocycles. The third kappa shape index (κ3) is 4.28. The van der Waals surface area contributed by atoms with Crippen molar-refractivity contribution in [3.05, 3.63) is 33.6 Å². The molecule has 1 saturated carbocycles. The molecule has 0 atom stereocenters. The van der Waals surface area contributed by atoms with Crippen LogP contribution in [0.4, 0.5) is 5.13 Å². The first-order chi connectivity index (χ1) is 13.0. The summed E-state index contributed by atoms with van der Waals surface area (Å²) in [7, 11) is 0. The minimum absolute atomic E-state index is 0.0309. The Bertz CT molecular complexity index is 874. The number of aromatic nitrogens is 1. The molecule has 0 unspecified atom stereocenters. The molecule has 4 rings (SSSR count). The second kappa shape index (κ2) is 7.78. The van der Waals surface area contributed by atoms with Crippen LogP contribution in [0.3, 0.4) is 0 Å². The second-order valence-electron chi connectivity index (χ2n) is 7.03. The minimum atomic E-state index is -0.0836. The van der Waals surface area contributed by atoms with Gasteiger partial charge >= 0.3 is 0 Å². The van der Waals surface area contributed by atoms with Gasteiger partial charge in [0.05, 0.1) is 10.7 Å². The Morgan fingerprint density at radius 1 is 1.11 bits per heavy atom. The molecule has 2 aromatic rings. The van der Waals surface area contributed by atoms with Gasteiger partial charge < -0.3 is 10.2 Å². The maximum Gasteiger partial charge on any atom is 0.229 e. The van der Waals surface area contributed by atoms with Crippen LogP contribution in [-0.2, 0) is 9.59 Å². The fraction of sp³-hybridized carbons (Fsp3) is 0.421. The number of piperidine rings is 1. The van der Waals surface area contributed by atoms with E-state index in [1.165, 1.54) is 11.3 Å². The maximum absolute atomic E-state index is 12.6. The zero-order chi connectivity index (χ0) is 19.0. The number of rotatable bonds is 4. The number of hydrogen-bond donors (Lipinski definition) is 1. The van der Waals surface area contributed by atoms with Crippen LogP contribution in [-0.4, -0.2) is 34.8 Å². The molecule has 1 saturated heterocycles. The lowest BCUT2D eigenvalue weighted by Crippen LogP contribution is -2.42. The number of nitrogens with zero attached hydrogens (tertiary/aromatic N) is 2. The normalized spacial score (nSPS) is 17.8. The highest BCUT2D eigenvalue weighted by Crippen LogP contribution is 2.34. The number of anilines is 1. The maximum atomic E-state index is 12.6. The molecule has 142 valence electrons. The van der Waals surface area contributed by atoms with Gasteiger partial charge in [-0.05, 0) is 43.9 Å². The fourth-order valence-electron chi connectivity index (χ4n) is 3.31. The van der Waals surface area contributed by atoms with Crippen molar-refractivity contribution in [1.82, 2.24) is 9.88 Å². The topological polar surface area (TPSA) is 62.3 Å². The van der Waals surface area contributed by atoms with E-state index in [2.05, 4.69) is 10.3 Å². The molecular weight excluding hydrogens is 405 g/mol. The molecule has 5 nitrogen and oxygen atoms in total. The summed E-state index contributed by atoms with van der Waals surface area (Å²) in [4.78, 5) is 31.1. The number of likely N-dealkylation sites (tertiary alicyclic amines) is 1. The van der Waals surface area contributed by atoms with Gasteiger partial charge in [-0.25, -0.2) is 4.98 Å². The molecule has 0 bridgehead atoms. The molecule has 8 heteroatoms. The van der Waals surface area contributed by atoms with Crippen LogP contribution in [0.15, 0.2) is 23.6 Å². The largest absolute Gasteiger partial charge is 0.342 e. The summed E-state index contributed by atoms with van der Waals surface area (Å²) in [5.74, 6) is 0.387. The first-order valence-corrected chi connectivity index (χ1v) is 10.7. The van der Waals surface area contributed by atoms with Crippen molar-refractivity contribution in [3.63, 3.8) is 0 Å². The summed E-state index contributed by atoms with van der Waals surface area (Å²) in [6.45, 7) is 1.33. The van der Waals surface area contributed by atoms with E-state index in [0.29, 0.717) is 46.8 Å². The average molecular weight is 424 g/mol. The van der Waals surface area contributed by atoms with Crippen LogP contribution < -0.4 is 5.32 Å². The van der Waals surface area contributed by atoms with E-state index in [4.69, 9.17) is 23.2 Å². The Hall–Kier alpha value is -1.63. The highest BCUT2D eigenvalue weighted by molar-refractivity contribution is 7.14. The summed E-state index contributed by atoms with van der Waals surface area (Å²) in [5.41, 5.74) is 1.49. The average Bonchev–Trinajstić information content (AvgIpc) is 3.41. The lowest BCUT2D eigenvalue weighted by atomic mass is 9.95. The molecule has 1 N–H and O–H groups in total. The van der Waals surface area contributed by atoms with Crippen LogP contribution in [0, 0.1) is 11.8 Å². The van der Waals surface area contributed by atoms with Gasteiger partial charge in [-0.2, -0.15) is 0 Å². The number of carbonyl (C=O) groups excluding carboxylic acids is 2. The summed E-state index contributed by atoms with van der Waals surface area (Å²) in [5, 5.41) is 6.42. The van der Waals surface area contributed by atoms with Crippen LogP contribution in [0.2, 0.25) is 10.0 Å². The molecular formula is C19H19Cl2N3O2S. The van der Waals surface area contributed by atoms with Gasteiger partial charge in [-0.15, -0.1) is 11.3 Å². The Balaban J connectivity index is 1.35. The highest BCUT2D eigenvalue weighted by Gasteiger charge is 2.36. The minimum Gasteiger partial charge on any atom is -0.342 e. The molecule has 2 amide bonds. The monoisotopic (exact) mass is 423 g/mol. The number of carbonyl (C=O) groups is 2. The Morgan fingerprint density at radius 3 is 2.52 bits per heavy atom. The fourth-order valence-corrected chi connectivity index (χ4v) is 4.53. The van der Waals surface area contributed by atoms with Gasteiger partial charge in [0.15, 0.2) is 5.13 Å². The molecule has 1 aliphatic heterocycles. The van der Waals surface area contributed by atoms with Gasteiger partial charge in [0.1, 0.15) is 0 Å². The number of amides is 2. The molecule has 2 fully saturated rings. The zero-order valence-electron chi connectivity index (χ0n) is 14.6. The lowest BCUT2D eigenvalue weighted by Gasteiger charge is -2.31. The van der Waals surface area contributed by atoms with Crippen LogP contribution >= 0.6 is 34.5 Å². The predicted octanol–water partition coefficient (Wildman–Crippen LogP) is 4.70. The quantitative estimate of drug-likeness (QED) is 0.774. The van der Waals surface area contributed by atoms with Crippen LogP contribution in [0.1, 0.15) is 25.7 Å². The number of halogens is 2. The molecule has 2 heterocycles. The molecule has 27 heavy (non-hydrogen) atoms. The second-order valence-corrected chi connectivity index (χ2v) is 8.73. The van der Waals surface area contributed by atoms with Crippen molar-refractivity contribution in [2.75, 3.05) is 18.4 Å². The number of hydrogen-bond acceptors (Lipinski definition) is 4. The first kappa shape index (κ1) is 18.7. The van der Waals surface area contributed by atoms with E-state index in [0.717, 1.165) is 18.4 Å². The summed E-state index contributed by atoms with van der Waals surface area (Å²) >= 11 is 13.5. The van der Waals surface area contributed by atoms with Gasteiger partial charge in [0.25, 0.3) is 0 Å². The van der Waals surface area contributed by atoms with Gasteiger partial charge in [0, 0.05) is 40.9 Å². The number of benzene rings is 1. The Labute approximate surface area is 171 Å². The van der Waals surface area contributed by atoms with Crippen molar-refractivity contribution in [2.45, 2.75) is 25.7 Å². The zero-order valence-corrected chi connectivity index (χ0v) is 16.9. The summed E-state index contributed by atoms with van der Waals surface area (Å²) in [6.07, 6.45) is 3.43. The van der Waals surface area contributed by atoms with E-state index in [-0.39, 0.29) is 23.7 Å². The van der Waals surface area contributed by atoms with Crippen molar-refractivity contribution < 1.29 is 9.59 Å². The van der Waals surface area contributed by atoms with Crippen molar-refractivity contribution >= 4 is 51.5 Å². The van der Waals surface area contributed by atoms with Gasteiger partial charge in [-0.1, -0.05) is 23.2 Å². The standard InChI is InChI=1S/C19H19Cl2N3O2S/c20-13-3-4-14(15(21)9-13)16-10-27-19(22-16)23-17(25)11-5-7-24(8-6-11)18(26)12-1-2-12/h3-4,9-12H,1-2,5-8H2,(H,22,23,25). The Morgan fingerprint density at radius 2 is 1.85 bits per heavy atom. The van der Waals surface area contributed by atoms with E-state index in [1.807, 2.05) is 16.3 Å². The molecule has 0 radical (unpaired) electrons. The smallest absolute Gasteiger partial charge is 0.229 e. The van der Waals surface area contributed by atoms with Crippen molar-refractivity contribution in [3.8, 4) is 11.3 Å². The van der Waals surface area contributed by atoms with Crippen molar-refractivity contribution in [1.29, 1.82) is 0 Å². The molecule has 1 aromatic carbocycles. The molecule has 2 aliphatic rings. The SMILES string of the molecule is O=C(Nc1nc(-c2ccc(Cl)cc2Cl)cs1)C1CCN(C(=O)C2CC2)CC1. The van der Waals surface area contributed by atoms with E-state index < -0.39 is 0 Å². The van der Waals surface area contributed by atoms with E-state index in [9.17, 15) is 9.59 Å². The molecule has 1 aliphatic carbocycles. The molecule has 0 spiro atoms. The van der Waals surface area contributed by atoms with Crippen LogP contribution in [0.5, 0.6) is 0 Å². The first-order valence-electron chi connectivity index (χ1n) is 9.02. The van der Waals surface area contributed by atoms with E-state index >= 15 is 0 Å². The third-order valence-corrected chi connectivity index (χ3v) is 6.35. The summed E-state index contributed by atoms with van der Waals surface area (Å²) in [6, 6.07) is 5.25. The number of thiazole rings is 1. The van der Waals surface area contributed by atoms with Crippen LogP contribution in [0.25, 0.3) is 11.3 Å². The predicted molar refractivity (Wildman–Crippen MR) is 108 cm³/mol. The van der Waals surface area contributed by atoms with E-state index in [1.54, 1.807) is 12.1 Å².